The van der Waals surface area contributed by atoms with Gasteiger partial charge in [0.05, 0.1) is 6.04 Å². The molecule has 0 spiro atoms. The molecule has 1 unspecified atom stereocenters. The zero-order valence-corrected chi connectivity index (χ0v) is 16.5. The van der Waals surface area contributed by atoms with Gasteiger partial charge in [-0.25, -0.2) is 9.59 Å². The van der Waals surface area contributed by atoms with E-state index < -0.39 is 29.4 Å². The van der Waals surface area contributed by atoms with E-state index in [4.69, 9.17) is 15.2 Å². The summed E-state index contributed by atoms with van der Waals surface area (Å²) >= 11 is 0. The minimum Gasteiger partial charge on any atom is -0.444 e. The van der Waals surface area contributed by atoms with Gasteiger partial charge in [0.1, 0.15) is 17.0 Å². The lowest BCUT2D eigenvalue weighted by Gasteiger charge is -2.22. The Kier molecular flexibility index (Phi) is 6.91. The second-order valence-electron chi connectivity index (χ2n) is 7.86. The lowest BCUT2D eigenvalue weighted by Crippen LogP contribution is -2.47. The first-order chi connectivity index (χ1) is 11.8. The molecular formula is C17H29N5O4. The Balaban J connectivity index is 2.98. The molecule has 0 bridgehead atoms. The number of amides is 2. The van der Waals surface area contributed by atoms with Crippen LogP contribution in [0.1, 0.15) is 47.2 Å². The Morgan fingerprint density at radius 1 is 1.23 bits per heavy atom. The number of rotatable bonds is 3. The smallest absolute Gasteiger partial charge is 0.435 e. The third-order valence-corrected chi connectivity index (χ3v) is 2.94. The molecule has 1 aromatic rings. The average Bonchev–Trinajstić information content (AvgIpc) is 2.79. The van der Waals surface area contributed by atoms with Gasteiger partial charge >= 0.3 is 12.2 Å². The lowest BCUT2D eigenvalue weighted by atomic mass is 10.1. The van der Waals surface area contributed by atoms with Crippen molar-refractivity contribution in [3.8, 4) is 0 Å². The van der Waals surface area contributed by atoms with Crippen molar-refractivity contribution in [2.24, 2.45) is 17.8 Å². The number of aryl methyl sites for hydroxylation is 1. The van der Waals surface area contributed by atoms with Crippen molar-refractivity contribution in [1.82, 2.24) is 15.1 Å². The summed E-state index contributed by atoms with van der Waals surface area (Å²) in [5.41, 5.74) is 5.55. The SMILES string of the molecule is Cn1nccc1CC(N)C(=NC(=O)OC(C)(C)C)NC(=O)OC(C)(C)C. The molecule has 0 aliphatic carbocycles. The number of hydrogen-bond acceptors (Lipinski definition) is 6. The van der Waals surface area contributed by atoms with E-state index in [1.54, 1.807) is 65.5 Å². The molecule has 9 nitrogen and oxygen atoms in total. The second kappa shape index (κ2) is 8.31. The molecule has 1 aromatic heterocycles. The highest BCUT2D eigenvalue weighted by Gasteiger charge is 2.24. The Morgan fingerprint density at radius 3 is 2.27 bits per heavy atom. The Hall–Kier alpha value is -2.42. The highest BCUT2D eigenvalue weighted by atomic mass is 16.6. The molecule has 2 amide bonds. The van der Waals surface area contributed by atoms with E-state index in [9.17, 15) is 9.59 Å². The molecule has 0 saturated carbocycles. The maximum absolute atomic E-state index is 12.1. The zero-order valence-electron chi connectivity index (χ0n) is 16.5. The van der Waals surface area contributed by atoms with E-state index >= 15 is 0 Å². The van der Waals surface area contributed by atoms with E-state index in [1.165, 1.54) is 0 Å². The second-order valence-corrected chi connectivity index (χ2v) is 7.86. The minimum atomic E-state index is -0.844. The Bertz CT molecular complexity index is 667. The molecule has 9 heteroatoms. The third-order valence-electron chi connectivity index (χ3n) is 2.94. The van der Waals surface area contributed by atoms with Crippen LogP contribution in [0.3, 0.4) is 0 Å². The first-order valence-corrected chi connectivity index (χ1v) is 8.31. The molecule has 1 atom stereocenters. The molecule has 1 heterocycles. The highest BCUT2D eigenvalue weighted by molar-refractivity contribution is 6.03. The van der Waals surface area contributed by atoms with Crippen molar-refractivity contribution in [2.75, 3.05) is 0 Å². The van der Waals surface area contributed by atoms with Crippen LogP contribution in [0.15, 0.2) is 17.3 Å². The van der Waals surface area contributed by atoms with Crippen molar-refractivity contribution in [3.05, 3.63) is 18.0 Å². The molecular weight excluding hydrogens is 338 g/mol. The Morgan fingerprint density at radius 2 is 1.81 bits per heavy atom. The third kappa shape index (κ3) is 8.11. The molecule has 0 fully saturated rings. The Labute approximate surface area is 153 Å². The number of alkyl carbamates (subject to hydrolysis) is 1. The van der Waals surface area contributed by atoms with Gasteiger partial charge in [-0.3, -0.25) is 10.00 Å². The van der Waals surface area contributed by atoms with Crippen LogP contribution in [0.4, 0.5) is 9.59 Å². The predicted molar refractivity (Wildman–Crippen MR) is 97.9 cm³/mol. The number of aromatic nitrogens is 2. The number of nitrogens with two attached hydrogens (primary N) is 1. The van der Waals surface area contributed by atoms with Crippen LogP contribution < -0.4 is 11.1 Å². The van der Waals surface area contributed by atoms with Gasteiger partial charge < -0.3 is 15.2 Å². The van der Waals surface area contributed by atoms with Crippen LogP contribution in [-0.4, -0.2) is 45.0 Å². The van der Waals surface area contributed by atoms with Crippen LogP contribution in [0.5, 0.6) is 0 Å². The summed E-state index contributed by atoms with van der Waals surface area (Å²) in [4.78, 5) is 27.9. The summed E-state index contributed by atoms with van der Waals surface area (Å²) in [6.07, 6.45) is 0.353. The van der Waals surface area contributed by atoms with E-state index in [1.807, 2.05) is 0 Å². The maximum Gasteiger partial charge on any atom is 0.435 e. The van der Waals surface area contributed by atoms with Gasteiger partial charge in [-0.2, -0.15) is 10.1 Å². The van der Waals surface area contributed by atoms with E-state index in [2.05, 4.69) is 15.4 Å². The van der Waals surface area contributed by atoms with E-state index in [0.29, 0.717) is 6.42 Å². The van der Waals surface area contributed by atoms with Crippen molar-refractivity contribution >= 4 is 18.0 Å². The summed E-state index contributed by atoms with van der Waals surface area (Å²) < 4.78 is 12.0. The molecule has 0 aromatic carbocycles. The minimum absolute atomic E-state index is 0.0327. The van der Waals surface area contributed by atoms with Crippen molar-refractivity contribution < 1.29 is 19.1 Å². The van der Waals surface area contributed by atoms with Crippen LogP contribution in [0.25, 0.3) is 0 Å². The summed E-state index contributed by atoms with van der Waals surface area (Å²) in [6.45, 7) is 10.3. The molecule has 3 N–H and O–H groups in total. The van der Waals surface area contributed by atoms with Crippen LogP contribution in [0, 0.1) is 0 Å². The monoisotopic (exact) mass is 367 g/mol. The van der Waals surface area contributed by atoms with Crippen molar-refractivity contribution in [3.63, 3.8) is 0 Å². The fourth-order valence-corrected chi connectivity index (χ4v) is 1.92. The van der Waals surface area contributed by atoms with E-state index in [-0.39, 0.29) is 5.84 Å². The maximum atomic E-state index is 12.1. The quantitative estimate of drug-likeness (QED) is 0.624. The largest absolute Gasteiger partial charge is 0.444 e. The van der Waals surface area contributed by atoms with Crippen LogP contribution in [-0.2, 0) is 22.9 Å². The molecule has 0 aliphatic heterocycles. The fourth-order valence-electron chi connectivity index (χ4n) is 1.92. The standard InChI is InChI=1S/C17H29N5O4/c1-16(2,3)25-14(23)20-13(21-15(24)26-17(4,5)6)12(18)10-11-8-9-19-22(11)7/h8-9,12H,10,18H2,1-7H3,(H,20,21,23,24). The van der Waals surface area contributed by atoms with Gasteiger partial charge in [0.25, 0.3) is 0 Å². The van der Waals surface area contributed by atoms with E-state index in [0.717, 1.165) is 5.69 Å². The number of nitrogens with one attached hydrogen (secondary N) is 1. The number of aliphatic imine (C=N–C) groups is 1. The normalized spacial score (nSPS) is 13.9. The molecule has 0 aliphatic rings. The van der Waals surface area contributed by atoms with Gasteiger partial charge in [-0.05, 0) is 47.6 Å². The number of hydrogen-bond donors (Lipinski definition) is 2. The summed E-state index contributed by atoms with van der Waals surface area (Å²) in [5.74, 6) is -0.0327. The highest BCUT2D eigenvalue weighted by Crippen LogP contribution is 2.10. The first-order valence-electron chi connectivity index (χ1n) is 8.31. The van der Waals surface area contributed by atoms with Gasteiger partial charge in [0.15, 0.2) is 0 Å². The van der Waals surface area contributed by atoms with Crippen LogP contribution in [0.2, 0.25) is 0 Å². The number of carbonyl (C=O) groups excluding carboxylic acids is 2. The topological polar surface area (TPSA) is 121 Å². The fraction of sp³-hybridized carbons (Fsp3) is 0.647. The molecule has 0 saturated heterocycles. The van der Waals surface area contributed by atoms with Crippen molar-refractivity contribution in [2.45, 2.75) is 65.2 Å². The summed E-state index contributed by atoms with van der Waals surface area (Å²) in [5, 5.41) is 6.52. The van der Waals surface area contributed by atoms with Gasteiger partial charge in [0, 0.05) is 25.4 Å². The van der Waals surface area contributed by atoms with Gasteiger partial charge in [0.2, 0.25) is 0 Å². The summed E-state index contributed by atoms with van der Waals surface area (Å²) in [7, 11) is 1.77. The molecule has 1 rings (SSSR count). The zero-order chi connectivity index (χ0) is 20.1. The first kappa shape index (κ1) is 21.6. The predicted octanol–water partition coefficient (Wildman–Crippen LogP) is 2.15. The molecule has 146 valence electrons. The number of amidine groups is 1. The molecule has 26 heavy (non-hydrogen) atoms. The summed E-state index contributed by atoms with van der Waals surface area (Å²) in [6, 6.07) is 1.03. The molecule has 0 radical (unpaired) electrons. The number of nitrogens with zero attached hydrogens (tertiary/aromatic N) is 3. The number of carbonyl (C=O) groups is 2. The van der Waals surface area contributed by atoms with Crippen molar-refractivity contribution in [1.29, 1.82) is 0 Å². The average molecular weight is 367 g/mol. The lowest BCUT2D eigenvalue weighted by molar-refractivity contribution is 0.0560. The van der Waals surface area contributed by atoms with Crippen LogP contribution >= 0.6 is 0 Å². The van der Waals surface area contributed by atoms with Gasteiger partial charge in [-0.15, -0.1) is 0 Å². The van der Waals surface area contributed by atoms with Gasteiger partial charge in [-0.1, -0.05) is 0 Å². The number of ether oxygens (including phenoxy) is 2.